The van der Waals surface area contributed by atoms with Crippen molar-refractivity contribution in [1.82, 2.24) is 0 Å². The average molecular weight is 266 g/mol. The van der Waals surface area contributed by atoms with Gasteiger partial charge in [0.15, 0.2) is 0 Å². The van der Waals surface area contributed by atoms with E-state index < -0.39 is 0 Å². The molecule has 2 aliphatic heterocycles. The molecular weight excluding hydrogens is 250 g/mol. The van der Waals surface area contributed by atoms with Crippen LogP contribution in [-0.4, -0.2) is 12.6 Å². The summed E-state index contributed by atoms with van der Waals surface area (Å²) in [4.78, 5) is 2.63. The van der Waals surface area contributed by atoms with Crippen LogP contribution in [-0.2, 0) is 6.42 Å². The first-order chi connectivity index (χ1) is 7.34. The summed E-state index contributed by atoms with van der Waals surface area (Å²) < 4.78 is 1.21. The van der Waals surface area contributed by atoms with Crippen molar-refractivity contribution >= 4 is 21.6 Å². The van der Waals surface area contributed by atoms with E-state index in [9.17, 15) is 0 Å². The molecule has 0 amide bonds. The smallest absolute Gasteiger partial charge is 0.0413 e. The first kappa shape index (κ1) is 9.71. The zero-order valence-corrected chi connectivity index (χ0v) is 10.5. The van der Waals surface area contributed by atoms with Gasteiger partial charge in [0.1, 0.15) is 0 Å². The molecule has 0 aliphatic carbocycles. The van der Waals surface area contributed by atoms with Crippen LogP contribution in [0.2, 0.25) is 0 Å². The molecule has 1 saturated heterocycles. The van der Waals surface area contributed by atoms with Crippen LogP contribution in [0.4, 0.5) is 5.69 Å². The topological polar surface area (TPSA) is 3.24 Å². The summed E-state index contributed by atoms with van der Waals surface area (Å²) in [5.41, 5.74) is 3.03. The number of rotatable bonds is 0. The summed E-state index contributed by atoms with van der Waals surface area (Å²) in [5, 5.41) is 0. The Kier molecular flexibility index (Phi) is 2.47. The Labute approximate surface area is 99.6 Å². The van der Waals surface area contributed by atoms with Crippen molar-refractivity contribution < 1.29 is 0 Å². The van der Waals surface area contributed by atoms with Crippen LogP contribution in [0.15, 0.2) is 22.7 Å². The summed E-state index contributed by atoms with van der Waals surface area (Å²) in [5.74, 6) is 0. The van der Waals surface area contributed by atoms with Gasteiger partial charge in [0, 0.05) is 22.7 Å². The molecular formula is C13H16BrN. The number of nitrogens with zero attached hydrogens (tertiary/aromatic N) is 1. The first-order valence-corrected chi connectivity index (χ1v) is 6.69. The Bertz CT molecular complexity index is 375. The van der Waals surface area contributed by atoms with Crippen LogP contribution < -0.4 is 4.90 Å². The third kappa shape index (κ3) is 1.69. The summed E-state index contributed by atoms with van der Waals surface area (Å²) in [6.45, 7) is 1.26. The molecule has 2 heteroatoms. The normalized spacial score (nSPS) is 24.6. The van der Waals surface area contributed by atoms with Crippen LogP contribution in [0.1, 0.15) is 31.2 Å². The van der Waals surface area contributed by atoms with E-state index in [1.165, 1.54) is 48.8 Å². The molecule has 1 fully saturated rings. The molecule has 0 bridgehead atoms. The molecule has 80 valence electrons. The van der Waals surface area contributed by atoms with E-state index in [2.05, 4.69) is 39.0 Å². The van der Waals surface area contributed by atoms with Gasteiger partial charge in [-0.05, 0) is 37.0 Å². The molecule has 2 heterocycles. The van der Waals surface area contributed by atoms with E-state index in [0.29, 0.717) is 0 Å². The van der Waals surface area contributed by atoms with Gasteiger partial charge in [-0.15, -0.1) is 0 Å². The predicted molar refractivity (Wildman–Crippen MR) is 67.4 cm³/mol. The quantitative estimate of drug-likeness (QED) is 0.691. The second-order valence-electron chi connectivity index (χ2n) is 4.67. The van der Waals surface area contributed by atoms with E-state index in [0.717, 1.165) is 6.04 Å². The molecule has 0 N–H and O–H groups in total. The molecule has 1 aromatic carbocycles. The highest BCUT2D eigenvalue weighted by Crippen LogP contribution is 2.37. The molecule has 1 aromatic rings. The molecule has 0 spiro atoms. The van der Waals surface area contributed by atoms with Gasteiger partial charge in [0.2, 0.25) is 0 Å². The van der Waals surface area contributed by atoms with Crippen LogP contribution in [0.25, 0.3) is 0 Å². The Morgan fingerprint density at radius 2 is 2.13 bits per heavy atom. The molecule has 1 atom stereocenters. The second kappa shape index (κ2) is 3.82. The summed E-state index contributed by atoms with van der Waals surface area (Å²) in [7, 11) is 0. The van der Waals surface area contributed by atoms with Gasteiger partial charge in [0.25, 0.3) is 0 Å². The van der Waals surface area contributed by atoms with Crippen molar-refractivity contribution in [2.45, 2.75) is 38.1 Å². The molecule has 0 radical (unpaired) electrons. The zero-order chi connectivity index (χ0) is 10.3. The maximum absolute atomic E-state index is 3.57. The summed E-state index contributed by atoms with van der Waals surface area (Å²) in [6.07, 6.45) is 6.84. The number of hydrogen-bond donors (Lipinski definition) is 0. The fourth-order valence-electron chi connectivity index (χ4n) is 2.94. The van der Waals surface area contributed by atoms with Crippen molar-refractivity contribution in [1.29, 1.82) is 0 Å². The number of fused-ring (bicyclic) bond motifs is 3. The van der Waals surface area contributed by atoms with Gasteiger partial charge < -0.3 is 4.90 Å². The Morgan fingerprint density at radius 1 is 1.20 bits per heavy atom. The van der Waals surface area contributed by atoms with Gasteiger partial charge in [-0.25, -0.2) is 0 Å². The van der Waals surface area contributed by atoms with Gasteiger partial charge in [0.05, 0.1) is 0 Å². The Balaban J connectivity index is 1.98. The summed E-state index contributed by atoms with van der Waals surface area (Å²) >= 11 is 3.57. The highest BCUT2D eigenvalue weighted by Gasteiger charge is 2.29. The van der Waals surface area contributed by atoms with Gasteiger partial charge >= 0.3 is 0 Å². The van der Waals surface area contributed by atoms with Crippen LogP contribution >= 0.6 is 15.9 Å². The second-order valence-corrected chi connectivity index (χ2v) is 5.59. The third-order valence-corrected chi connectivity index (χ3v) is 4.18. The van der Waals surface area contributed by atoms with Crippen molar-refractivity contribution in [3.05, 3.63) is 28.2 Å². The first-order valence-electron chi connectivity index (χ1n) is 5.90. The predicted octanol–water partition coefficient (Wildman–Crippen LogP) is 3.75. The fraction of sp³-hybridized carbons (Fsp3) is 0.538. The Morgan fingerprint density at radius 3 is 3.07 bits per heavy atom. The fourth-order valence-corrected chi connectivity index (χ4v) is 3.29. The number of hydrogen-bond acceptors (Lipinski definition) is 1. The molecule has 1 nitrogen and oxygen atoms in total. The molecule has 0 saturated carbocycles. The van der Waals surface area contributed by atoms with E-state index in [4.69, 9.17) is 0 Å². The lowest BCUT2D eigenvalue weighted by Crippen LogP contribution is -2.30. The number of anilines is 1. The third-order valence-electron chi connectivity index (χ3n) is 3.69. The van der Waals surface area contributed by atoms with E-state index >= 15 is 0 Å². The minimum atomic E-state index is 0.789. The summed E-state index contributed by atoms with van der Waals surface area (Å²) in [6, 6.07) is 7.54. The highest BCUT2D eigenvalue weighted by molar-refractivity contribution is 9.10. The zero-order valence-electron chi connectivity index (χ0n) is 8.88. The van der Waals surface area contributed by atoms with Gasteiger partial charge in [-0.1, -0.05) is 34.8 Å². The van der Waals surface area contributed by atoms with Crippen LogP contribution in [0, 0.1) is 0 Å². The van der Waals surface area contributed by atoms with Crippen molar-refractivity contribution in [3.63, 3.8) is 0 Å². The largest absolute Gasteiger partial charge is 0.368 e. The maximum atomic E-state index is 3.57. The van der Waals surface area contributed by atoms with E-state index in [-0.39, 0.29) is 0 Å². The average Bonchev–Trinajstić information content (AvgIpc) is 2.44. The SMILES string of the molecule is Brc1ccc2c(c1)N1CCCCCC1C2. The molecule has 3 rings (SSSR count). The minimum absolute atomic E-state index is 0.789. The number of benzene rings is 1. The van der Waals surface area contributed by atoms with E-state index in [1.54, 1.807) is 5.56 Å². The van der Waals surface area contributed by atoms with Crippen LogP contribution in [0.5, 0.6) is 0 Å². The highest BCUT2D eigenvalue weighted by atomic mass is 79.9. The molecule has 0 aromatic heterocycles. The van der Waals surface area contributed by atoms with Crippen molar-refractivity contribution in [2.75, 3.05) is 11.4 Å². The number of halogens is 1. The lowest BCUT2D eigenvalue weighted by atomic mass is 10.1. The lowest BCUT2D eigenvalue weighted by molar-refractivity contribution is 0.598. The van der Waals surface area contributed by atoms with Gasteiger partial charge in [-0.2, -0.15) is 0 Å². The standard InChI is InChI=1S/C13H16BrN/c14-11-6-5-10-8-12-4-2-1-3-7-15(12)13(10)9-11/h5-6,9,12H,1-4,7-8H2. The van der Waals surface area contributed by atoms with Gasteiger partial charge in [-0.3, -0.25) is 0 Å². The lowest BCUT2D eigenvalue weighted by Gasteiger charge is -2.25. The van der Waals surface area contributed by atoms with Crippen LogP contribution in [0.3, 0.4) is 0 Å². The van der Waals surface area contributed by atoms with Crippen molar-refractivity contribution in [2.24, 2.45) is 0 Å². The Hall–Kier alpha value is -0.500. The van der Waals surface area contributed by atoms with E-state index in [1.807, 2.05) is 0 Å². The monoisotopic (exact) mass is 265 g/mol. The molecule has 1 unspecified atom stereocenters. The maximum Gasteiger partial charge on any atom is 0.0413 e. The molecule has 2 aliphatic rings. The molecule has 15 heavy (non-hydrogen) atoms. The minimum Gasteiger partial charge on any atom is -0.368 e. The van der Waals surface area contributed by atoms with Crippen molar-refractivity contribution in [3.8, 4) is 0 Å².